The van der Waals surface area contributed by atoms with Crippen molar-refractivity contribution in [1.29, 1.82) is 0 Å². The first-order valence-corrected chi connectivity index (χ1v) is 7.61. The van der Waals surface area contributed by atoms with Gasteiger partial charge in [-0.1, -0.05) is 0 Å². The van der Waals surface area contributed by atoms with Gasteiger partial charge in [0, 0.05) is 13.2 Å². The molecule has 1 heterocycles. The van der Waals surface area contributed by atoms with Crippen molar-refractivity contribution in [2.24, 2.45) is 0 Å². The monoisotopic (exact) mass is 322 g/mol. The highest BCUT2D eigenvalue weighted by molar-refractivity contribution is 7.92. The van der Waals surface area contributed by atoms with E-state index < -0.39 is 16.0 Å². The molecule has 0 aliphatic heterocycles. The third-order valence-corrected chi connectivity index (χ3v) is 4.85. The van der Waals surface area contributed by atoms with Crippen LogP contribution in [0.1, 0.15) is 10.4 Å². The quantitative estimate of drug-likeness (QED) is 0.898. The van der Waals surface area contributed by atoms with E-state index in [2.05, 4.69) is 4.98 Å². The number of anilines is 1. The number of nitrogens with zero attached hydrogens (tertiary/aromatic N) is 2. The van der Waals surface area contributed by atoms with Gasteiger partial charge in [-0.2, -0.15) is 0 Å². The van der Waals surface area contributed by atoms with Crippen molar-refractivity contribution in [3.63, 3.8) is 0 Å². The number of carboxylic acids is 1. The summed E-state index contributed by atoms with van der Waals surface area (Å²) in [5, 5.41) is 8.95. The zero-order valence-corrected chi connectivity index (χ0v) is 12.7. The molecule has 22 heavy (non-hydrogen) atoms. The van der Waals surface area contributed by atoms with Gasteiger partial charge in [0.15, 0.2) is 0 Å². The second-order valence-electron chi connectivity index (χ2n) is 4.39. The van der Waals surface area contributed by atoms with E-state index in [-0.39, 0.29) is 16.1 Å². The van der Waals surface area contributed by atoms with Gasteiger partial charge in [0.2, 0.25) is 0 Å². The van der Waals surface area contributed by atoms with Crippen LogP contribution >= 0.6 is 0 Å². The molecule has 0 aliphatic carbocycles. The van der Waals surface area contributed by atoms with Gasteiger partial charge >= 0.3 is 5.97 Å². The summed E-state index contributed by atoms with van der Waals surface area (Å²) in [5.41, 5.74) is 0.0741. The molecule has 0 bridgehead atoms. The molecule has 8 heteroatoms. The molecular weight excluding hydrogens is 308 g/mol. The average Bonchev–Trinajstić information content (AvgIpc) is 2.54. The van der Waals surface area contributed by atoms with Crippen LogP contribution in [0.5, 0.6) is 5.75 Å². The number of carboxylic acid groups (broad SMARTS) is 1. The van der Waals surface area contributed by atoms with E-state index in [0.29, 0.717) is 5.75 Å². The zero-order chi connectivity index (χ0) is 16.3. The molecule has 0 saturated heterocycles. The van der Waals surface area contributed by atoms with Crippen LogP contribution in [0.25, 0.3) is 0 Å². The van der Waals surface area contributed by atoms with Gasteiger partial charge in [-0.25, -0.2) is 13.2 Å². The summed E-state index contributed by atoms with van der Waals surface area (Å²) in [4.78, 5) is 14.8. The maximum Gasteiger partial charge on any atom is 0.337 e. The van der Waals surface area contributed by atoms with Crippen LogP contribution in [0.15, 0.2) is 47.6 Å². The Morgan fingerprint density at radius 1 is 1.23 bits per heavy atom. The maximum atomic E-state index is 12.5. The fourth-order valence-corrected chi connectivity index (χ4v) is 2.94. The normalized spacial score (nSPS) is 11.0. The molecule has 7 nitrogen and oxygen atoms in total. The summed E-state index contributed by atoms with van der Waals surface area (Å²) in [7, 11) is -0.994. The van der Waals surface area contributed by atoms with Crippen LogP contribution < -0.4 is 9.04 Å². The van der Waals surface area contributed by atoms with Crippen molar-refractivity contribution in [2.45, 2.75) is 4.90 Å². The Hall–Kier alpha value is -2.61. The number of ether oxygens (including phenoxy) is 1. The van der Waals surface area contributed by atoms with Crippen molar-refractivity contribution in [3.05, 3.63) is 48.3 Å². The van der Waals surface area contributed by atoms with Gasteiger partial charge in [-0.3, -0.25) is 9.29 Å². The fraction of sp³-hybridized carbons (Fsp3) is 0.143. The zero-order valence-electron chi connectivity index (χ0n) is 11.9. The van der Waals surface area contributed by atoms with Gasteiger partial charge in [-0.05, 0) is 30.3 Å². The standard InChI is InChI=1S/C14H14N2O5S/c1-16(11-7-10(14(17)18)8-15-9-11)22(19,20)13-5-3-12(21-2)4-6-13/h3-9H,1-2H3,(H,17,18). The minimum absolute atomic E-state index is 0.0662. The molecule has 2 aromatic rings. The minimum Gasteiger partial charge on any atom is -0.497 e. The van der Waals surface area contributed by atoms with E-state index >= 15 is 0 Å². The Morgan fingerprint density at radius 2 is 1.86 bits per heavy atom. The van der Waals surface area contributed by atoms with Crippen molar-refractivity contribution >= 4 is 21.7 Å². The van der Waals surface area contributed by atoms with Crippen molar-refractivity contribution in [2.75, 3.05) is 18.5 Å². The number of pyridine rings is 1. The van der Waals surface area contributed by atoms with Gasteiger partial charge in [-0.15, -0.1) is 0 Å². The summed E-state index contributed by atoms with van der Waals surface area (Å²) in [6.07, 6.45) is 2.44. The summed E-state index contributed by atoms with van der Waals surface area (Å²) in [6, 6.07) is 7.15. The van der Waals surface area contributed by atoms with Crippen molar-refractivity contribution < 1.29 is 23.1 Å². The number of hydrogen-bond acceptors (Lipinski definition) is 5. The number of aromatic nitrogens is 1. The Kier molecular flexibility index (Phi) is 4.32. The molecule has 1 N–H and O–H groups in total. The van der Waals surface area contributed by atoms with Crippen LogP contribution in [-0.4, -0.2) is 38.6 Å². The number of aromatic carboxylic acids is 1. The molecule has 0 unspecified atom stereocenters. The highest BCUT2D eigenvalue weighted by Gasteiger charge is 2.22. The van der Waals surface area contributed by atoms with Crippen LogP contribution in [-0.2, 0) is 10.0 Å². The lowest BCUT2D eigenvalue weighted by Crippen LogP contribution is -2.26. The van der Waals surface area contributed by atoms with Gasteiger partial charge in [0.1, 0.15) is 5.75 Å². The second-order valence-corrected chi connectivity index (χ2v) is 6.35. The molecule has 0 amide bonds. The highest BCUT2D eigenvalue weighted by Crippen LogP contribution is 2.23. The number of sulfonamides is 1. The lowest BCUT2D eigenvalue weighted by molar-refractivity contribution is 0.0696. The van der Waals surface area contributed by atoms with Crippen LogP contribution in [0.3, 0.4) is 0 Å². The van der Waals surface area contributed by atoms with Crippen LogP contribution in [0, 0.1) is 0 Å². The summed E-state index contributed by atoms with van der Waals surface area (Å²) < 4.78 is 31.0. The largest absolute Gasteiger partial charge is 0.497 e. The number of benzene rings is 1. The topological polar surface area (TPSA) is 96.8 Å². The van der Waals surface area contributed by atoms with Gasteiger partial charge in [0.05, 0.1) is 29.5 Å². The van der Waals surface area contributed by atoms with Crippen LogP contribution in [0.2, 0.25) is 0 Å². The Balaban J connectivity index is 2.39. The molecule has 116 valence electrons. The minimum atomic E-state index is -3.81. The third kappa shape index (κ3) is 3.01. The van der Waals surface area contributed by atoms with E-state index in [0.717, 1.165) is 10.5 Å². The average molecular weight is 322 g/mol. The molecular formula is C14H14N2O5S. The molecule has 0 saturated carbocycles. The molecule has 0 aliphatic rings. The van der Waals surface area contributed by atoms with Crippen molar-refractivity contribution in [3.8, 4) is 5.75 Å². The van der Waals surface area contributed by atoms with Crippen molar-refractivity contribution in [1.82, 2.24) is 4.98 Å². The van der Waals surface area contributed by atoms with E-state index in [9.17, 15) is 13.2 Å². The lowest BCUT2D eigenvalue weighted by atomic mass is 10.3. The second kappa shape index (κ2) is 6.02. The molecule has 1 aromatic carbocycles. The van der Waals surface area contributed by atoms with Gasteiger partial charge in [0.25, 0.3) is 10.0 Å². The maximum absolute atomic E-state index is 12.5. The Morgan fingerprint density at radius 3 is 2.41 bits per heavy atom. The molecule has 0 fully saturated rings. The summed E-state index contributed by atoms with van der Waals surface area (Å²) in [6.45, 7) is 0. The van der Waals surface area contributed by atoms with E-state index in [1.807, 2.05) is 0 Å². The lowest BCUT2D eigenvalue weighted by Gasteiger charge is -2.19. The smallest absolute Gasteiger partial charge is 0.337 e. The van der Waals surface area contributed by atoms with Gasteiger partial charge < -0.3 is 9.84 Å². The fourth-order valence-electron chi connectivity index (χ4n) is 1.76. The number of hydrogen-bond donors (Lipinski definition) is 1. The molecule has 0 radical (unpaired) electrons. The SMILES string of the molecule is COc1ccc(S(=O)(=O)N(C)c2cncc(C(=O)O)c2)cc1. The highest BCUT2D eigenvalue weighted by atomic mass is 32.2. The number of rotatable bonds is 5. The van der Waals surface area contributed by atoms with Crippen LogP contribution in [0.4, 0.5) is 5.69 Å². The third-order valence-electron chi connectivity index (χ3n) is 3.05. The predicted octanol–water partition coefficient (Wildman–Crippen LogP) is 1.61. The Bertz CT molecular complexity index is 787. The molecule has 1 aromatic heterocycles. The van der Waals surface area contributed by atoms with E-state index in [1.54, 1.807) is 0 Å². The number of methoxy groups -OCH3 is 1. The molecule has 0 atom stereocenters. The summed E-state index contributed by atoms with van der Waals surface area (Å²) >= 11 is 0. The van der Waals surface area contributed by atoms with E-state index in [1.165, 1.54) is 50.7 Å². The first kappa shape index (κ1) is 15.8. The molecule has 2 rings (SSSR count). The Labute approximate surface area is 127 Å². The first-order chi connectivity index (χ1) is 10.4. The molecule has 0 spiro atoms. The predicted molar refractivity (Wildman–Crippen MR) is 79.8 cm³/mol. The summed E-state index contributed by atoms with van der Waals surface area (Å²) in [5.74, 6) is -0.638. The van der Waals surface area contributed by atoms with E-state index in [4.69, 9.17) is 9.84 Å². The number of carbonyl (C=O) groups is 1. The first-order valence-electron chi connectivity index (χ1n) is 6.17.